The van der Waals surface area contributed by atoms with Crippen molar-refractivity contribution in [1.29, 1.82) is 0 Å². The van der Waals surface area contributed by atoms with E-state index >= 15 is 0 Å². The number of fused-ring (bicyclic) bond motifs is 1. The first-order valence-corrected chi connectivity index (χ1v) is 11.1. The molecular weight excluding hydrogens is 447 g/mol. The monoisotopic (exact) mass is 470 g/mol. The van der Waals surface area contributed by atoms with Crippen molar-refractivity contribution in [2.75, 3.05) is 25.5 Å². The molecule has 1 saturated heterocycles. The van der Waals surface area contributed by atoms with Gasteiger partial charge in [-0.25, -0.2) is 9.97 Å². The van der Waals surface area contributed by atoms with E-state index in [0.29, 0.717) is 34.8 Å². The summed E-state index contributed by atoms with van der Waals surface area (Å²) in [7, 11) is 1.59. The van der Waals surface area contributed by atoms with Crippen LogP contribution in [0.2, 0.25) is 10.0 Å². The minimum atomic E-state index is -0.0207. The highest BCUT2D eigenvalue weighted by Gasteiger charge is 2.22. The van der Waals surface area contributed by atoms with Crippen molar-refractivity contribution in [3.8, 4) is 16.9 Å². The number of aromatic nitrogens is 2. The average molecular weight is 471 g/mol. The summed E-state index contributed by atoms with van der Waals surface area (Å²) in [5.41, 5.74) is 3.31. The molecule has 166 valence electrons. The molecule has 2 aromatic carbocycles. The first-order valence-electron chi connectivity index (χ1n) is 10.4. The molecule has 1 amide bonds. The summed E-state index contributed by atoms with van der Waals surface area (Å²) in [4.78, 5) is 22.7. The number of aryl methyl sites for hydroxylation is 1. The molecule has 0 saturated carbocycles. The van der Waals surface area contributed by atoms with Crippen LogP contribution >= 0.6 is 23.2 Å². The van der Waals surface area contributed by atoms with E-state index in [2.05, 4.69) is 21.9 Å². The van der Waals surface area contributed by atoms with Crippen molar-refractivity contribution in [3.05, 3.63) is 58.7 Å². The van der Waals surface area contributed by atoms with E-state index in [1.807, 2.05) is 36.1 Å². The number of carbonyl (C=O) groups excluding carboxylic acids is 1. The molecule has 2 heterocycles. The number of methoxy groups -OCH3 is 1. The van der Waals surface area contributed by atoms with Gasteiger partial charge in [0, 0.05) is 36.3 Å². The van der Waals surface area contributed by atoms with E-state index in [4.69, 9.17) is 27.9 Å². The van der Waals surface area contributed by atoms with Gasteiger partial charge in [-0.15, -0.1) is 0 Å². The number of hydrogen-bond donors (Lipinski definition) is 1. The lowest BCUT2D eigenvalue weighted by molar-refractivity contribution is -0.126. The summed E-state index contributed by atoms with van der Waals surface area (Å²) >= 11 is 13.1. The van der Waals surface area contributed by atoms with Crippen LogP contribution in [-0.2, 0) is 4.79 Å². The first-order chi connectivity index (χ1) is 15.4. The van der Waals surface area contributed by atoms with Crippen LogP contribution in [0.3, 0.4) is 0 Å². The van der Waals surface area contributed by atoms with Gasteiger partial charge in [0.25, 0.3) is 0 Å². The third-order valence-electron chi connectivity index (χ3n) is 5.75. The number of halogens is 2. The number of carbonyl (C=O) groups is 1. The molecule has 1 aliphatic rings. The molecule has 0 spiro atoms. The number of nitrogens with zero attached hydrogens (tertiary/aromatic N) is 3. The second-order valence-corrected chi connectivity index (χ2v) is 8.57. The highest BCUT2D eigenvalue weighted by atomic mass is 35.5. The molecule has 0 aliphatic carbocycles. The molecule has 1 N–H and O–H groups in total. The van der Waals surface area contributed by atoms with E-state index in [0.717, 1.165) is 40.4 Å². The summed E-state index contributed by atoms with van der Waals surface area (Å²) in [5, 5.41) is 5.34. The molecule has 1 fully saturated rings. The van der Waals surface area contributed by atoms with Gasteiger partial charge in [0.15, 0.2) is 0 Å². The van der Waals surface area contributed by atoms with Gasteiger partial charge in [-0.1, -0.05) is 35.8 Å². The Morgan fingerprint density at radius 2 is 2.00 bits per heavy atom. The largest absolute Gasteiger partial charge is 0.495 e. The van der Waals surface area contributed by atoms with E-state index in [-0.39, 0.29) is 11.9 Å². The van der Waals surface area contributed by atoms with E-state index < -0.39 is 0 Å². The maximum Gasteiger partial charge on any atom is 0.245 e. The fourth-order valence-corrected chi connectivity index (χ4v) is 4.60. The minimum absolute atomic E-state index is 0.0207. The second kappa shape index (κ2) is 9.35. The van der Waals surface area contributed by atoms with Gasteiger partial charge in [-0.05, 0) is 55.2 Å². The number of rotatable bonds is 5. The third kappa shape index (κ3) is 4.38. The van der Waals surface area contributed by atoms with Crippen LogP contribution in [0.15, 0.2) is 43.1 Å². The summed E-state index contributed by atoms with van der Waals surface area (Å²) in [6.45, 7) is 6.86. The smallest absolute Gasteiger partial charge is 0.245 e. The quantitative estimate of drug-likeness (QED) is 0.497. The molecule has 3 aromatic rings. The Labute approximate surface area is 197 Å². The molecule has 1 aromatic heterocycles. The van der Waals surface area contributed by atoms with Crippen molar-refractivity contribution >= 4 is 46.0 Å². The maximum atomic E-state index is 11.7. The van der Waals surface area contributed by atoms with Gasteiger partial charge in [0.1, 0.15) is 5.75 Å². The Kier molecular flexibility index (Phi) is 6.53. The van der Waals surface area contributed by atoms with Gasteiger partial charge in [-0.3, -0.25) is 4.79 Å². The minimum Gasteiger partial charge on any atom is -0.495 e. The fourth-order valence-electron chi connectivity index (χ4n) is 3.96. The Morgan fingerprint density at radius 3 is 2.69 bits per heavy atom. The van der Waals surface area contributed by atoms with Crippen molar-refractivity contribution in [2.45, 2.75) is 25.8 Å². The van der Waals surface area contributed by atoms with Gasteiger partial charge >= 0.3 is 0 Å². The molecular formula is C24H24Cl2N4O2. The number of ether oxygens (including phenoxy) is 1. The van der Waals surface area contributed by atoms with Crippen LogP contribution < -0.4 is 10.1 Å². The number of amides is 1. The molecule has 1 aliphatic heterocycles. The maximum absolute atomic E-state index is 11.7. The van der Waals surface area contributed by atoms with Crippen LogP contribution in [0, 0.1) is 6.92 Å². The van der Waals surface area contributed by atoms with E-state index in [9.17, 15) is 4.79 Å². The van der Waals surface area contributed by atoms with Gasteiger partial charge in [-0.2, -0.15) is 0 Å². The number of anilines is 1. The Hall–Kier alpha value is -2.83. The van der Waals surface area contributed by atoms with Gasteiger partial charge in [0.05, 0.1) is 22.7 Å². The summed E-state index contributed by atoms with van der Waals surface area (Å²) < 4.78 is 5.39. The standard InChI is InChI=1S/C24H24Cl2N4O2/c1-4-20(31)30-9-7-17(8-10-30)28-24-27-13-16-12-15(5-6-18(16)29-24)21-22(25)14(2)11-19(32-3)23(21)26/h4-6,11-13,17H,1,7-10H2,2-3H3,(H,27,28,29). The first kappa shape index (κ1) is 22.4. The van der Waals surface area contributed by atoms with Crippen LogP contribution in [0.4, 0.5) is 5.95 Å². The molecule has 0 atom stereocenters. The fraction of sp³-hybridized carbons (Fsp3) is 0.292. The average Bonchev–Trinajstić information content (AvgIpc) is 2.81. The number of benzene rings is 2. The third-order valence-corrected chi connectivity index (χ3v) is 6.61. The van der Waals surface area contributed by atoms with Crippen LogP contribution in [0.1, 0.15) is 18.4 Å². The highest BCUT2D eigenvalue weighted by Crippen LogP contribution is 2.43. The molecule has 4 rings (SSSR count). The topological polar surface area (TPSA) is 67.4 Å². The number of likely N-dealkylation sites (tertiary alicyclic amines) is 1. The highest BCUT2D eigenvalue weighted by molar-refractivity contribution is 6.40. The van der Waals surface area contributed by atoms with Crippen molar-refractivity contribution in [2.24, 2.45) is 0 Å². The normalized spacial score (nSPS) is 14.4. The summed E-state index contributed by atoms with van der Waals surface area (Å²) in [5.74, 6) is 1.14. The van der Waals surface area contributed by atoms with Crippen molar-refractivity contribution < 1.29 is 9.53 Å². The van der Waals surface area contributed by atoms with E-state index in [1.165, 1.54) is 6.08 Å². The lowest BCUT2D eigenvalue weighted by atomic mass is 10.0. The molecule has 0 bridgehead atoms. The SMILES string of the molecule is C=CC(=O)N1CCC(Nc2ncc3cc(-c4c(Cl)c(C)cc(OC)c4Cl)ccc3n2)CC1. The molecule has 0 radical (unpaired) electrons. The Balaban J connectivity index is 1.56. The number of hydrogen-bond acceptors (Lipinski definition) is 5. The summed E-state index contributed by atoms with van der Waals surface area (Å²) in [6, 6.07) is 7.91. The van der Waals surface area contributed by atoms with Crippen LogP contribution in [0.5, 0.6) is 5.75 Å². The predicted octanol–water partition coefficient (Wildman–Crippen LogP) is 5.51. The lowest BCUT2D eigenvalue weighted by Gasteiger charge is -2.31. The molecule has 8 heteroatoms. The van der Waals surface area contributed by atoms with Gasteiger partial charge < -0.3 is 15.0 Å². The van der Waals surface area contributed by atoms with Crippen LogP contribution in [0.25, 0.3) is 22.0 Å². The molecule has 0 unspecified atom stereocenters. The Morgan fingerprint density at radius 1 is 1.25 bits per heavy atom. The lowest BCUT2D eigenvalue weighted by Crippen LogP contribution is -2.41. The molecule has 6 nitrogen and oxygen atoms in total. The second-order valence-electron chi connectivity index (χ2n) is 7.81. The zero-order chi connectivity index (χ0) is 22.8. The number of nitrogens with one attached hydrogen (secondary N) is 1. The zero-order valence-corrected chi connectivity index (χ0v) is 19.5. The van der Waals surface area contributed by atoms with Gasteiger partial charge in [0.2, 0.25) is 11.9 Å². The predicted molar refractivity (Wildman–Crippen MR) is 130 cm³/mol. The summed E-state index contributed by atoms with van der Waals surface area (Å²) in [6.07, 6.45) is 4.83. The van der Waals surface area contributed by atoms with Crippen molar-refractivity contribution in [1.82, 2.24) is 14.9 Å². The molecule has 32 heavy (non-hydrogen) atoms. The van der Waals surface area contributed by atoms with Crippen molar-refractivity contribution in [3.63, 3.8) is 0 Å². The van der Waals surface area contributed by atoms with E-state index in [1.54, 1.807) is 13.3 Å². The van der Waals surface area contributed by atoms with Crippen LogP contribution in [-0.4, -0.2) is 47.0 Å². The number of piperidine rings is 1. The zero-order valence-electron chi connectivity index (χ0n) is 18.0. The Bertz CT molecular complexity index is 1190.